The van der Waals surface area contributed by atoms with E-state index in [1.54, 1.807) is 17.3 Å². The molecule has 1 aliphatic rings. The molecule has 2 aromatic heterocycles. The minimum atomic E-state index is 0.0294. The van der Waals surface area contributed by atoms with Crippen molar-refractivity contribution in [3.63, 3.8) is 0 Å². The van der Waals surface area contributed by atoms with Gasteiger partial charge < -0.3 is 9.47 Å². The summed E-state index contributed by atoms with van der Waals surface area (Å²) in [6.45, 7) is 0.651. The highest BCUT2D eigenvalue weighted by atomic mass is 32.1. The summed E-state index contributed by atoms with van der Waals surface area (Å²) in [4.78, 5) is 23.9. The van der Waals surface area contributed by atoms with Crippen LogP contribution in [-0.4, -0.2) is 22.7 Å². The van der Waals surface area contributed by atoms with Crippen LogP contribution in [0.3, 0.4) is 0 Å². The molecule has 0 atom stereocenters. The van der Waals surface area contributed by atoms with E-state index in [2.05, 4.69) is 4.98 Å². The number of nitrogens with zero attached hydrogens (tertiary/aromatic N) is 3. The van der Waals surface area contributed by atoms with Crippen LogP contribution in [0.5, 0.6) is 11.5 Å². The number of anilines is 1. The molecule has 6 nitrogen and oxygen atoms in total. The zero-order valence-corrected chi connectivity index (χ0v) is 17.0. The molecule has 0 radical (unpaired) electrons. The van der Waals surface area contributed by atoms with E-state index in [1.807, 2.05) is 54.6 Å². The Bertz CT molecular complexity index is 1140. The summed E-state index contributed by atoms with van der Waals surface area (Å²) in [7, 11) is 0. The van der Waals surface area contributed by atoms with Crippen molar-refractivity contribution in [2.24, 2.45) is 0 Å². The van der Waals surface area contributed by atoms with Crippen LogP contribution >= 0.6 is 11.3 Å². The first-order chi connectivity index (χ1) is 14.8. The fourth-order valence-electron chi connectivity index (χ4n) is 3.39. The van der Waals surface area contributed by atoms with Gasteiger partial charge in [-0.2, -0.15) is 0 Å². The monoisotopic (exact) mass is 417 g/mol. The SMILES string of the molecule is O=C(CCc1ccccc1)N(Cc1cccnc1)c1nc2cc3c(cc2s1)OCO3. The van der Waals surface area contributed by atoms with Crippen LogP contribution in [0.4, 0.5) is 5.13 Å². The first-order valence-corrected chi connectivity index (χ1v) is 10.5. The van der Waals surface area contributed by atoms with Gasteiger partial charge in [0, 0.05) is 30.9 Å². The number of hydrogen-bond donors (Lipinski definition) is 0. The van der Waals surface area contributed by atoms with E-state index in [-0.39, 0.29) is 12.7 Å². The third kappa shape index (κ3) is 3.84. The van der Waals surface area contributed by atoms with Crippen LogP contribution in [0.25, 0.3) is 10.2 Å². The van der Waals surface area contributed by atoms with Gasteiger partial charge in [-0.05, 0) is 23.6 Å². The molecule has 150 valence electrons. The van der Waals surface area contributed by atoms with Crippen molar-refractivity contribution in [1.82, 2.24) is 9.97 Å². The third-order valence-electron chi connectivity index (χ3n) is 4.94. The van der Waals surface area contributed by atoms with Crippen LogP contribution in [0.15, 0.2) is 67.0 Å². The van der Waals surface area contributed by atoms with Crippen molar-refractivity contribution < 1.29 is 14.3 Å². The number of thiazole rings is 1. The van der Waals surface area contributed by atoms with Gasteiger partial charge in [-0.25, -0.2) is 4.98 Å². The molecule has 1 aliphatic heterocycles. The smallest absolute Gasteiger partial charge is 0.231 e. The lowest BCUT2D eigenvalue weighted by atomic mass is 10.1. The summed E-state index contributed by atoms with van der Waals surface area (Å²) in [6.07, 6.45) is 4.60. The third-order valence-corrected chi connectivity index (χ3v) is 5.98. The predicted octanol–water partition coefficient (Wildman–Crippen LogP) is 4.59. The molecular weight excluding hydrogens is 398 g/mol. The molecule has 0 saturated carbocycles. The molecule has 0 spiro atoms. The molecule has 7 heteroatoms. The second-order valence-electron chi connectivity index (χ2n) is 7.00. The molecule has 0 unspecified atom stereocenters. The number of aromatic nitrogens is 2. The number of fused-ring (bicyclic) bond motifs is 2. The fraction of sp³-hybridized carbons (Fsp3) is 0.174. The van der Waals surface area contributed by atoms with Gasteiger partial charge >= 0.3 is 0 Å². The summed E-state index contributed by atoms with van der Waals surface area (Å²) >= 11 is 1.48. The lowest BCUT2D eigenvalue weighted by molar-refractivity contribution is -0.118. The molecule has 1 amide bonds. The van der Waals surface area contributed by atoms with Crippen molar-refractivity contribution in [3.8, 4) is 11.5 Å². The first-order valence-electron chi connectivity index (χ1n) is 9.70. The summed E-state index contributed by atoms with van der Waals surface area (Å²) in [5, 5.41) is 0.663. The Balaban J connectivity index is 1.44. The van der Waals surface area contributed by atoms with E-state index < -0.39 is 0 Å². The average molecular weight is 417 g/mol. The quantitative estimate of drug-likeness (QED) is 0.459. The molecule has 2 aromatic carbocycles. The highest BCUT2D eigenvalue weighted by Gasteiger charge is 2.22. The van der Waals surface area contributed by atoms with E-state index >= 15 is 0 Å². The Kier molecular flexibility index (Phi) is 5.03. The standard InChI is InChI=1S/C23H19N3O3S/c27-22(9-8-16-5-2-1-3-6-16)26(14-17-7-4-10-24-13-17)23-25-18-11-19-20(29-15-28-19)12-21(18)30-23/h1-7,10-13H,8-9,14-15H2. The van der Waals surface area contributed by atoms with Crippen LogP contribution in [0, 0.1) is 0 Å². The number of benzene rings is 2. The van der Waals surface area contributed by atoms with Gasteiger partial charge in [-0.1, -0.05) is 47.7 Å². The lowest BCUT2D eigenvalue weighted by Gasteiger charge is -2.20. The normalized spacial score (nSPS) is 12.3. The van der Waals surface area contributed by atoms with Crippen LogP contribution < -0.4 is 14.4 Å². The van der Waals surface area contributed by atoms with Crippen molar-refractivity contribution in [1.29, 1.82) is 0 Å². The van der Waals surface area contributed by atoms with Crippen molar-refractivity contribution in [2.45, 2.75) is 19.4 Å². The zero-order valence-electron chi connectivity index (χ0n) is 16.2. The number of ether oxygens (including phenoxy) is 2. The van der Waals surface area contributed by atoms with Gasteiger partial charge in [-0.15, -0.1) is 0 Å². The first kappa shape index (κ1) is 18.6. The van der Waals surface area contributed by atoms with Crippen molar-refractivity contribution in [3.05, 3.63) is 78.1 Å². The number of amides is 1. The molecule has 30 heavy (non-hydrogen) atoms. The molecule has 4 aromatic rings. The van der Waals surface area contributed by atoms with E-state index in [0.29, 0.717) is 36.0 Å². The van der Waals surface area contributed by atoms with Gasteiger partial charge in [0.2, 0.25) is 12.7 Å². The van der Waals surface area contributed by atoms with Crippen molar-refractivity contribution in [2.75, 3.05) is 11.7 Å². The summed E-state index contributed by atoms with van der Waals surface area (Å²) in [5.41, 5.74) is 2.90. The highest BCUT2D eigenvalue weighted by molar-refractivity contribution is 7.22. The van der Waals surface area contributed by atoms with Crippen LogP contribution in [0.1, 0.15) is 17.5 Å². The lowest BCUT2D eigenvalue weighted by Crippen LogP contribution is -2.30. The van der Waals surface area contributed by atoms with E-state index in [0.717, 1.165) is 21.3 Å². The second kappa shape index (κ2) is 8.12. The summed E-state index contributed by atoms with van der Waals surface area (Å²) < 4.78 is 11.9. The van der Waals surface area contributed by atoms with E-state index in [1.165, 1.54) is 11.3 Å². The molecule has 0 bridgehead atoms. The van der Waals surface area contributed by atoms with E-state index in [4.69, 9.17) is 14.5 Å². The maximum absolute atomic E-state index is 13.2. The Morgan fingerprint density at radius 1 is 1.03 bits per heavy atom. The number of rotatable bonds is 6. The van der Waals surface area contributed by atoms with Crippen LogP contribution in [-0.2, 0) is 17.8 Å². The number of pyridine rings is 1. The van der Waals surface area contributed by atoms with Crippen molar-refractivity contribution >= 4 is 32.6 Å². The molecule has 0 saturated heterocycles. The van der Waals surface area contributed by atoms with Gasteiger partial charge in [0.1, 0.15) is 0 Å². The minimum absolute atomic E-state index is 0.0294. The van der Waals surface area contributed by atoms with Gasteiger partial charge in [0.05, 0.1) is 16.8 Å². The van der Waals surface area contributed by atoms with Crippen LogP contribution in [0.2, 0.25) is 0 Å². The topological polar surface area (TPSA) is 64.6 Å². The van der Waals surface area contributed by atoms with Gasteiger partial charge in [-0.3, -0.25) is 14.7 Å². The average Bonchev–Trinajstić information content (AvgIpc) is 3.41. The highest BCUT2D eigenvalue weighted by Crippen LogP contribution is 2.40. The Morgan fingerprint density at radius 3 is 2.63 bits per heavy atom. The van der Waals surface area contributed by atoms with Gasteiger partial charge in [0.25, 0.3) is 0 Å². The number of carbonyl (C=O) groups excluding carboxylic acids is 1. The van der Waals surface area contributed by atoms with E-state index in [9.17, 15) is 4.79 Å². The maximum atomic E-state index is 13.2. The Morgan fingerprint density at radius 2 is 1.83 bits per heavy atom. The largest absolute Gasteiger partial charge is 0.454 e. The fourth-order valence-corrected chi connectivity index (χ4v) is 4.38. The maximum Gasteiger partial charge on any atom is 0.231 e. The number of carbonyl (C=O) groups is 1. The molecule has 0 aliphatic carbocycles. The second-order valence-corrected chi connectivity index (χ2v) is 8.01. The molecule has 0 fully saturated rings. The predicted molar refractivity (Wildman–Crippen MR) is 116 cm³/mol. The summed E-state index contributed by atoms with van der Waals surface area (Å²) in [6, 6.07) is 17.7. The Hall–Kier alpha value is -3.45. The molecular formula is C23H19N3O3S. The molecule has 5 rings (SSSR count). The number of hydrogen-bond acceptors (Lipinski definition) is 6. The molecule has 3 heterocycles. The zero-order chi connectivity index (χ0) is 20.3. The summed E-state index contributed by atoms with van der Waals surface area (Å²) in [5.74, 6) is 1.43. The van der Waals surface area contributed by atoms with Gasteiger partial charge in [0.15, 0.2) is 16.6 Å². The molecule has 0 N–H and O–H groups in total. The number of aryl methyl sites for hydroxylation is 1. The Labute approximate surface area is 177 Å². The minimum Gasteiger partial charge on any atom is -0.454 e.